The van der Waals surface area contributed by atoms with Gasteiger partial charge in [0.25, 0.3) is 0 Å². The van der Waals surface area contributed by atoms with Crippen LogP contribution in [0.25, 0.3) is 0 Å². The lowest BCUT2D eigenvalue weighted by Crippen LogP contribution is -2.52. The van der Waals surface area contributed by atoms with Crippen LogP contribution in [0.2, 0.25) is 0 Å². The highest BCUT2D eigenvalue weighted by molar-refractivity contribution is 6.41. The summed E-state index contributed by atoms with van der Waals surface area (Å²) in [5.74, 6) is -0.293. The van der Waals surface area contributed by atoms with E-state index in [4.69, 9.17) is 0 Å². The number of hydrogen-bond acceptors (Lipinski definition) is 3. The maximum absolute atomic E-state index is 12.1. The summed E-state index contributed by atoms with van der Waals surface area (Å²) in [6.45, 7) is 3.20. The van der Waals surface area contributed by atoms with E-state index in [2.05, 4.69) is 16.7 Å². The second kappa shape index (κ2) is 6.26. The Morgan fingerprint density at radius 2 is 1.86 bits per heavy atom. The van der Waals surface area contributed by atoms with Crippen molar-refractivity contribution < 1.29 is 9.59 Å². The molecule has 0 aliphatic carbocycles. The Morgan fingerprint density at radius 3 is 2.67 bits per heavy atom. The fourth-order valence-corrected chi connectivity index (χ4v) is 3.15. The average Bonchev–Trinajstić information content (AvgIpc) is 2.52. The number of anilines is 1. The van der Waals surface area contributed by atoms with E-state index < -0.39 is 11.8 Å². The first-order chi connectivity index (χ1) is 10.3. The minimum atomic E-state index is -0.502. The molecule has 2 fully saturated rings. The molecule has 2 N–H and O–H groups in total. The number of carbonyl (C=O) groups excluding carboxylic acids is 2. The number of benzene rings is 1. The number of para-hydroxylation sites is 1. The summed E-state index contributed by atoms with van der Waals surface area (Å²) >= 11 is 0. The second-order valence-corrected chi connectivity index (χ2v) is 5.74. The van der Waals surface area contributed by atoms with Gasteiger partial charge in [-0.3, -0.25) is 9.59 Å². The number of piperazine rings is 1. The Kier molecular flexibility index (Phi) is 4.20. The monoisotopic (exact) mass is 287 g/mol. The van der Waals surface area contributed by atoms with E-state index in [9.17, 15) is 9.59 Å². The van der Waals surface area contributed by atoms with Crippen LogP contribution in [-0.2, 0) is 16.0 Å². The molecule has 0 saturated carbocycles. The number of nitrogens with one attached hydrogen (secondary N) is 2. The Labute approximate surface area is 124 Å². The molecule has 1 aromatic rings. The zero-order valence-electron chi connectivity index (χ0n) is 12.1. The van der Waals surface area contributed by atoms with Crippen LogP contribution < -0.4 is 15.5 Å². The first-order valence-electron chi connectivity index (χ1n) is 7.64. The molecule has 5 heteroatoms. The lowest BCUT2D eigenvalue weighted by Gasteiger charge is -2.30. The smallest absolute Gasteiger partial charge is 0.316 e. The van der Waals surface area contributed by atoms with E-state index in [0.29, 0.717) is 19.0 Å². The van der Waals surface area contributed by atoms with E-state index in [0.717, 1.165) is 25.2 Å². The van der Waals surface area contributed by atoms with Crippen LogP contribution in [0.3, 0.4) is 0 Å². The molecule has 1 aromatic carbocycles. The van der Waals surface area contributed by atoms with Gasteiger partial charge in [-0.1, -0.05) is 18.2 Å². The van der Waals surface area contributed by atoms with E-state index in [-0.39, 0.29) is 0 Å². The summed E-state index contributed by atoms with van der Waals surface area (Å²) in [6, 6.07) is 7.97. The first-order valence-corrected chi connectivity index (χ1v) is 7.64. The third-order valence-electron chi connectivity index (χ3n) is 4.31. The van der Waals surface area contributed by atoms with Crippen LogP contribution in [0, 0.1) is 5.92 Å². The molecule has 112 valence electrons. The minimum absolute atomic E-state index is 0.445. The highest BCUT2D eigenvalue weighted by Gasteiger charge is 2.29. The molecule has 0 atom stereocenters. The maximum Gasteiger partial charge on any atom is 0.316 e. The SMILES string of the molecule is O=C1NCCN(c2ccccc2CC2CCNCC2)C1=O. The van der Waals surface area contributed by atoms with Crippen molar-refractivity contribution in [2.45, 2.75) is 19.3 Å². The fourth-order valence-electron chi connectivity index (χ4n) is 3.15. The molecule has 2 aliphatic heterocycles. The van der Waals surface area contributed by atoms with Gasteiger partial charge >= 0.3 is 11.8 Å². The van der Waals surface area contributed by atoms with Gasteiger partial charge in [0.15, 0.2) is 0 Å². The number of carbonyl (C=O) groups is 2. The van der Waals surface area contributed by atoms with Crippen molar-refractivity contribution in [2.24, 2.45) is 5.92 Å². The van der Waals surface area contributed by atoms with E-state index in [1.165, 1.54) is 18.4 Å². The van der Waals surface area contributed by atoms with Gasteiger partial charge in [0, 0.05) is 18.8 Å². The number of nitrogens with zero attached hydrogens (tertiary/aromatic N) is 1. The summed E-state index contributed by atoms with van der Waals surface area (Å²) in [5.41, 5.74) is 2.07. The summed E-state index contributed by atoms with van der Waals surface area (Å²) < 4.78 is 0. The van der Waals surface area contributed by atoms with Crippen molar-refractivity contribution in [1.29, 1.82) is 0 Å². The van der Waals surface area contributed by atoms with Crippen LogP contribution in [0.1, 0.15) is 18.4 Å². The lowest BCUT2D eigenvalue weighted by atomic mass is 9.90. The molecule has 0 bridgehead atoms. The number of hydrogen-bond donors (Lipinski definition) is 2. The molecular weight excluding hydrogens is 266 g/mol. The third kappa shape index (κ3) is 3.08. The predicted octanol–water partition coefficient (Wildman–Crippen LogP) is 0.691. The molecule has 0 unspecified atom stereocenters. The Morgan fingerprint density at radius 1 is 1.10 bits per heavy atom. The molecule has 0 spiro atoms. The van der Waals surface area contributed by atoms with Crippen LogP contribution in [0.15, 0.2) is 24.3 Å². The molecule has 2 amide bonds. The molecule has 2 saturated heterocycles. The van der Waals surface area contributed by atoms with Crippen LogP contribution in [0.5, 0.6) is 0 Å². The van der Waals surface area contributed by atoms with Crippen LogP contribution >= 0.6 is 0 Å². The van der Waals surface area contributed by atoms with Crippen molar-refractivity contribution in [1.82, 2.24) is 10.6 Å². The summed E-state index contributed by atoms with van der Waals surface area (Å²) in [4.78, 5) is 25.3. The molecular formula is C16H21N3O2. The highest BCUT2D eigenvalue weighted by Crippen LogP contribution is 2.27. The van der Waals surface area contributed by atoms with Gasteiger partial charge in [-0.05, 0) is 49.9 Å². The quantitative estimate of drug-likeness (QED) is 0.804. The normalized spacial score (nSPS) is 20.5. The van der Waals surface area contributed by atoms with Gasteiger partial charge in [0.2, 0.25) is 0 Å². The fraction of sp³-hybridized carbons (Fsp3) is 0.500. The Bertz CT molecular complexity index is 538. The third-order valence-corrected chi connectivity index (χ3v) is 4.31. The van der Waals surface area contributed by atoms with Gasteiger partial charge < -0.3 is 15.5 Å². The average molecular weight is 287 g/mol. The van der Waals surface area contributed by atoms with E-state index >= 15 is 0 Å². The van der Waals surface area contributed by atoms with Crippen LogP contribution in [-0.4, -0.2) is 38.0 Å². The van der Waals surface area contributed by atoms with E-state index in [1.54, 1.807) is 4.90 Å². The summed E-state index contributed by atoms with van der Waals surface area (Å²) in [7, 11) is 0. The highest BCUT2D eigenvalue weighted by atomic mass is 16.2. The zero-order chi connectivity index (χ0) is 14.7. The Balaban J connectivity index is 1.81. The zero-order valence-corrected chi connectivity index (χ0v) is 12.1. The first kappa shape index (κ1) is 14.1. The Hall–Kier alpha value is -1.88. The minimum Gasteiger partial charge on any atom is -0.346 e. The molecule has 2 aliphatic rings. The van der Waals surface area contributed by atoms with Crippen molar-refractivity contribution >= 4 is 17.5 Å². The predicted molar refractivity (Wildman–Crippen MR) is 81.1 cm³/mol. The van der Waals surface area contributed by atoms with Crippen molar-refractivity contribution in [3.8, 4) is 0 Å². The van der Waals surface area contributed by atoms with E-state index in [1.807, 2.05) is 18.2 Å². The van der Waals surface area contributed by atoms with Crippen molar-refractivity contribution in [3.63, 3.8) is 0 Å². The summed E-state index contributed by atoms with van der Waals surface area (Å²) in [6.07, 6.45) is 3.31. The molecule has 2 heterocycles. The standard InChI is InChI=1S/C16H21N3O2/c20-15-16(21)19(10-9-18-15)14-4-2-1-3-13(14)11-12-5-7-17-8-6-12/h1-4,12,17H,5-11H2,(H,18,20). The van der Waals surface area contributed by atoms with Crippen LogP contribution in [0.4, 0.5) is 5.69 Å². The largest absolute Gasteiger partial charge is 0.346 e. The van der Waals surface area contributed by atoms with Crippen molar-refractivity contribution in [3.05, 3.63) is 29.8 Å². The molecule has 0 aromatic heterocycles. The van der Waals surface area contributed by atoms with Gasteiger partial charge in [0.05, 0.1) is 0 Å². The number of rotatable bonds is 3. The van der Waals surface area contributed by atoms with Gasteiger partial charge in [-0.15, -0.1) is 0 Å². The lowest BCUT2D eigenvalue weighted by molar-refractivity contribution is -0.138. The van der Waals surface area contributed by atoms with Gasteiger partial charge in [-0.25, -0.2) is 0 Å². The summed E-state index contributed by atoms with van der Waals surface area (Å²) in [5, 5.41) is 5.97. The number of piperidine rings is 1. The molecule has 5 nitrogen and oxygen atoms in total. The van der Waals surface area contributed by atoms with Gasteiger partial charge in [-0.2, -0.15) is 0 Å². The van der Waals surface area contributed by atoms with Crippen molar-refractivity contribution in [2.75, 3.05) is 31.1 Å². The molecule has 3 rings (SSSR count). The number of amides is 2. The maximum atomic E-state index is 12.1. The van der Waals surface area contributed by atoms with Gasteiger partial charge in [0.1, 0.15) is 0 Å². The molecule has 0 radical (unpaired) electrons. The second-order valence-electron chi connectivity index (χ2n) is 5.74. The topological polar surface area (TPSA) is 61.4 Å². The molecule has 21 heavy (non-hydrogen) atoms.